The number of rotatable bonds is 4. The third kappa shape index (κ3) is 2.83. The Morgan fingerprint density at radius 3 is 2.74 bits per heavy atom. The number of hydrogen-bond donors (Lipinski definition) is 1. The highest BCUT2D eigenvalue weighted by molar-refractivity contribution is 5.48. The third-order valence-corrected chi connectivity index (χ3v) is 3.57. The van der Waals surface area contributed by atoms with Gasteiger partial charge in [-0.05, 0) is 24.6 Å². The molecule has 1 aliphatic heterocycles. The maximum atomic E-state index is 12.1. The summed E-state index contributed by atoms with van der Waals surface area (Å²) in [7, 11) is 0. The van der Waals surface area contributed by atoms with Crippen LogP contribution in [-0.4, -0.2) is 23.4 Å². The van der Waals surface area contributed by atoms with E-state index in [-0.39, 0.29) is 23.9 Å². The lowest BCUT2D eigenvalue weighted by Gasteiger charge is -2.14. The Hall–Kier alpha value is -3.03. The average molecular weight is 319 g/mol. The van der Waals surface area contributed by atoms with Crippen LogP contribution in [-0.2, 0) is 0 Å². The van der Waals surface area contributed by atoms with Gasteiger partial charge in [-0.25, -0.2) is 4.79 Å². The molecule has 1 N–H and O–H groups in total. The van der Waals surface area contributed by atoms with Gasteiger partial charge in [-0.2, -0.15) is 0 Å². The van der Waals surface area contributed by atoms with Crippen molar-refractivity contribution in [3.05, 3.63) is 61.7 Å². The molecule has 2 heterocycles. The first kappa shape index (κ1) is 14.9. The van der Waals surface area contributed by atoms with Crippen molar-refractivity contribution in [1.82, 2.24) is 0 Å². The smallest absolute Gasteiger partial charge is 0.343 e. The Labute approximate surface area is 130 Å². The first-order valence-corrected chi connectivity index (χ1v) is 6.80. The van der Waals surface area contributed by atoms with Crippen LogP contribution in [0.15, 0.2) is 33.5 Å². The molecule has 3 rings (SSSR count). The van der Waals surface area contributed by atoms with Crippen molar-refractivity contribution < 1.29 is 23.9 Å². The molecule has 0 spiro atoms. The second-order valence-corrected chi connectivity index (χ2v) is 5.12. The fraction of sp³-hybridized carbons (Fsp3) is 0.267. The van der Waals surface area contributed by atoms with E-state index in [2.05, 4.69) is 0 Å². The van der Waals surface area contributed by atoms with Gasteiger partial charge in [-0.3, -0.25) is 10.1 Å². The van der Waals surface area contributed by atoms with Crippen LogP contribution in [0.5, 0.6) is 17.2 Å². The van der Waals surface area contributed by atoms with E-state index in [0.717, 1.165) is 0 Å². The summed E-state index contributed by atoms with van der Waals surface area (Å²) in [5.41, 5.74) is -0.490. The average Bonchev–Trinajstić information content (AvgIpc) is 2.92. The normalized spacial score (nSPS) is 13.8. The van der Waals surface area contributed by atoms with Crippen molar-refractivity contribution in [2.75, 3.05) is 13.3 Å². The lowest BCUT2D eigenvalue weighted by atomic mass is 9.91. The molecule has 8 heteroatoms. The van der Waals surface area contributed by atoms with Crippen LogP contribution in [0.3, 0.4) is 0 Å². The molecule has 0 fully saturated rings. The maximum absolute atomic E-state index is 12.1. The first-order chi connectivity index (χ1) is 11.0. The second-order valence-electron chi connectivity index (χ2n) is 5.12. The standard InChI is InChI=1S/C15H13NO7/c1-8-4-11(17)14(15(18)23-8)10(6-16(19)20)9-2-3-12-13(5-9)22-7-21-12/h2-5,10,17H,6-7H2,1H3/t10-/m0/s1. The van der Waals surface area contributed by atoms with Crippen LogP contribution in [0.1, 0.15) is 22.8 Å². The molecule has 120 valence electrons. The Balaban J connectivity index is 2.12. The number of hydrogen-bond acceptors (Lipinski definition) is 7. The summed E-state index contributed by atoms with van der Waals surface area (Å²) < 4.78 is 15.4. The van der Waals surface area contributed by atoms with Crippen LogP contribution in [0, 0.1) is 17.0 Å². The SMILES string of the molecule is Cc1cc(O)c([C@@H](C[N+](=O)[O-])c2ccc3c(c2)OCO3)c(=O)o1. The van der Waals surface area contributed by atoms with E-state index < -0.39 is 23.0 Å². The Morgan fingerprint density at radius 2 is 2.04 bits per heavy atom. The number of nitro groups is 1. The van der Waals surface area contributed by atoms with Crippen LogP contribution in [0.4, 0.5) is 0 Å². The summed E-state index contributed by atoms with van der Waals surface area (Å²) in [6.45, 7) is 1.01. The van der Waals surface area contributed by atoms with Gasteiger partial charge in [0.2, 0.25) is 13.3 Å². The number of aromatic hydroxyl groups is 1. The van der Waals surface area contributed by atoms with Gasteiger partial charge in [0.05, 0.1) is 11.5 Å². The Kier molecular flexibility index (Phi) is 3.65. The highest BCUT2D eigenvalue weighted by Gasteiger charge is 2.29. The molecule has 0 bridgehead atoms. The zero-order valence-electron chi connectivity index (χ0n) is 12.1. The maximum Gasteiger partial charge on any atom is 0.343 e. The predicted octanol–water partition coefficient (Wildman–Crippen LogP) is 1.79. The molecule has 8 nitrogen and oxygen atoms in total. The van der Waals surface area contributed by atoms with Gasteiger partial charge in [0.15, 0.2) is 11.5 Å². The molecule has 1 aliphatic rings. The zero-order chi connectivity index (χ0) is 16.6. The van der Waals surface area contributed by atoms with Crippen LogP contribution in [0.25, 0.3) is 0 Å². The minimum atomic E-state index is -0.962. The summed E-state index contributed by atoms with van der Waals surface area (Å²) >= 11 is 0. The van der Waals surface area contributed by atoms with E-state index in [1.165, 1.54) is 13.0 Å². The van der Waals surface area contributed by atoms with Crippen molar-refractivity contribution in [3.63, 3.8) is 0 Å². The molecule has 0 unspecified atom stereocenters. The van der Waals surface area contributed by atoms with Crippen LogP contribution < -0.4 is 15.1 Å². The van der Waals surface area contributed by atoms with E-state index in [1.54, 1.807) is 18.2 Å². The van der Waals surface area contributed by atoms with E-state index in [4.69, 9.17) is 13.9 Å². The summed E-state index contributed by atoms with van der Waals surface area (Å²) in [6.07, 6.45) is 0. The minimum Gasteiger partial charge on any atom is -0.507 e. The van der Waals surface area contributed by atoms with Crippen molar-refractivity contribution in [1.29, 1.82) is 0 Å². The lowest BCUT2D eigenvalue weighted by molar-refractivity contribution is -0.481. The fourth-order valence-corrected chi connectivity index (χ4v) is 2.57. The molecule has 1 aromatic carbocycles. The molecule has 0 saturated carbocycles. The minimum absolute atomic E-state index is 0.0661. The van der Waals surface area contributed by atoms with Gasteiger partial charge < -0.3 is 19.0 Å². The van der Waals surface area contributed by atoms with Gasteiger partial charge in [-0.1, -0.05) is 6.07 Å². The largest absolute Gasteiger partial charge is 0.507 e. The van der Waals surface area contributed by atoms with Crippen molar-refractivity contribution in [2.24, 2.45) is 0 Å². The fourth-order valence-electron chi connectivity index (χ4n) is 2.57. The molecule has 0 saturated heterocycles. The molecular formula is C15H13NO7. The lowest BCUT2D eigenvalue weighted by Crippen LogP contribution is -2.21. The summed E-state index contributed by atoms with van der Waals surface area (Å²) in [5.74, 6) is -0.109. The monoisotopic (exact) mass is 319 g/mol. The highest BCUT2D eigenvalue weighted by Crippen LogP contribution is 2.37. The Morgan fingerprint density at radius 1 is 1.30 bits per heavy atom. The molecule has 1 atom stereocenters. The second kappa shape index (κ2) is 5.64. The Bertz CT molecular complexity index is 827. The summed E-state index contributed by atoms with van der Waals surface area (Å²) in [6, 6.07) is 6.03. The molecule has 0 amide bonds. The first-order valence-electron chi connectivity index (χ1n) is 6.80. The number of nitrogens with zero attached hydrogens (tertiary/aromatic N) is 1. The van der Waals surface area contributed by atoms with Gasteiger partial charge in [0.1, 0.15) is 11.5 Å². The number of fused-ring (bicyclic) bond motifs is 1. The van der Waals surface area contributed by atoms with Gasteiger partial charge in [0.25, 0.3) is 0 Å². The summed E-state index contributed by atoms with van der Waals surface area (Å²) in [4.78, 5) is 22.6. The van der Waals surface area contributed by atoms with Gasteiger partial charge >= 0.3 is 5.63 Å². The van der Waals surface area contributed by atoms with E-state index >= 15 is 0 Å². The molecule has 1 aromatic heterocycles. The van der Waals surface area contributed by atoms with E-state index in [1.807, 2.05) is 0 Å². The quantitative estimate of drug-likeness (QED) is 0.675. The van der Waals surface area contributed by atoms with Crippen LogP contribution in [0.2, 0.25) is 0 Å². The molecule has 0 aliphatic carbocycles. The van der Waals surface area contributed by atoms with Crippen molar-refractivity contribution in [3.8, 4) is 17.2 Å². The molecule has 0 radical (unpaired) electrons. The molecule has 2 aromatic rings. The number of benzene rings is 1. The zero-order valence-corrected chi connectivity index (χ0v) is 12.1. The topological polar surface area (TPSA) is 112 Å². The number of aryl methyl sites for hydroxylation is 1. The van der Waals surface area contributed by atoms with Crippen molar-refractivity contribution in [2.45, 2.75) is 12.8 Å². The van der Waals surface area contributed by atoms with Gasteiger partial charge in [-0.15, -0.1) is 0 Å². The van der Waals surface area contributed by atoms with E-state index in [0.29, 0.717) is 17.1 Å². The molecular weight excluding hydrogens is 306 g/mol. The molecule has 23 heavy (non-hydrogen) atoms. The number of ether oxygens (including phenoxy) is 2. The van der Waals surface area contributed by atoms with E-state index in [9.17, 15) is 20.0 Å². The summed E-state index contributed by atoms with van der Waals surface area (Å²) in [5, 5.41) is 21.1. The highest BCUT2D eigenvalue weighted by atomic mass is 16.7. The third-order valence-electron chi connectivity index (χ3n) is 3.57. The van der Waals surface area contributed by atoms with Crippen LogP contribution >= 0.6 is 0 Å². The van der Waals surface area contributed by atoms with Crippen molar-refractivity contribution >= 4 is 0 Å². The van der Waals surface area contributed by atoms with Gasteiger partial charge in [0, 0.05) is 11.0 Å². The predicted molar refractivity (Wildman–Crippen MR) is 77.6 cm³/mol.